The summed E-state index contributed by atoms with van der Waals surface area (Å²) in [5.41, 5.74) is 1.22. The van der Waals surface area contributed by atoms with Crippen LogP contribution in [-0.2, 0) is 4.74 Å². The molecule has 5 nitrogen and oxygen atoms in total. The van der Waals surface area contributed by atoms with E-state index in [4.69, 9.17) is 27.9 Å². The van der Waals surface area contributed by atoms with Crippen molar-refractivity contribution in [1.82, 2.24) is 9.97 Å². The van der Waals surface area contributed by atoms with Gasteiger partial charge in [-0.25, -0.2) is 14.8 Å². The van der Waals surface area contributed by atoms with Crippen LogP contribution in [0, 0.1) is 0 Å². The third kappa shape index (κ3) is 3.45. The highest BCUT2D eigenvalue weighted by atomic mass is 35.5. The number of aromatic nitrogens is 2. The lowest BCUT2D eigenvalue weighted by Gasteiger charge is -2.21. The molecule has 0 saturated carbocycles. The second-order valence-corrected chi connectivity index (χ2v) is 6.24. The second kappa shape index (κ2) is 7.89. The molecule has 1 amide bonds. The number of ether oxygens (including phenoxy) is 1. The molecule has 0 bridgehead atoms. The van der Waals surface area contributed by atoms with Crippen molar-refractivity contribution >= 4 is 46.0 Å². The number of anilines is 1. The number of nitrogens with zero attached hydrogens (tertiary/aromatic N) is 3. The van der Waals surface area contributed by atoms with Crippen LogP contribution < -0.4 is 4.90 Å². The van der Waals surface area contributed by atoms with E-state index in [2.05, 4.69) is 9.97 Å². The van der Waals surface area contributed by atoms with Crippen molar-refractivity contribution in [2.24, 2.45) is 0 Å². The van der Waals surface area contributed by atoms with Crippen LogP contribution >= 0.6 is 23.2 Å². The molecule has 0 saturated heterocycles. The maximum absolute atomic E-state index is 12.4. The zero-order chi connectivity index (χ0) is 18.7. The highest BCUT2D eigenvalue weighted by Gasteiger charge is 2.22. The van der Waals surface area contributed by atoms with Crippen LogP contribution in [0.5, 0.6) is 0 Å². The van der Waals surface area contributed by atoms with Gasteiger partial charge in [0.15, 0.2) is 5.82 Å². The number of carbonyl (C=O) groups excluding carboxylic acids is 1. The number of halogens is 2. The zero-order valence-electron chi connectivity index (χ0n) is 14.4. The molecule has 0 aliphatic heterocycles. The summed E-state index contributed by atoms with van der Waals surface area (Å²) >= 11 is 12.6. The van der Waals surface area contributed by atoms with E-state index in [1.807, 2.05) is 31.2 Å². The van der Waals surface area contributed by atoms with Gasteiger partial charge in [0, 0.05) is 11.9 Å². The van der Waals surface area contributed by atoms with Crippen molar-refractivity contribution in [3.63, 3.8) is 0 Å². The van der Waals surface area contributed by atoms with Gasteiger partial charge in [0.1, 0.15) is 5.82 Å². The summed E-state index contributed by atoms with van der Waals surface area (Å²) in [7, 11) is 0. The minimum Gasteiger partial charge on any atom is -0.449 e. The number of hydrogen-bond acceptors (Lipinski definition) is 4. The van der Waals surface area contributed by atoms with Crippen molar-refractivity contribution in [3.8, 4) is 11.4 Å². The lowest BCUT2D eigenvalue weighted by atomic mass is 10.1. The number of hydrogen-bond donors (Lipinski definition) is 0. The molecule has 3 aromatic rings. The van der Waals surface area contributed by atoms with Crippen LogP contribution in [0.15, 0.2) is 42.5 Å². The van der Waals surface area contributed by atoms with Crippen molar-refractivity contribution in [2.45, 2.75) is 13.8 Å². The van der Waals surface area contributed by atoms with Gasteiger partial charge < -0.3 is 4.74 Å². The van der Waals surface area contributed by atoms with Gasteiger partial charge in [-0.2, -0.15) is 0 Å². The lowest BCUT2D eigenvalue weighted by Crippen LogP contribution is -2.32. The van der Waals surface area contributed by atoms with E-state index in [9.17, 15) is 4.79 Å². The van der Waals surface area contributed by atoms with Gasteiger partial charge in [0.25, 0.3) is 0 Å². The molecule has 2 aromatic carbocycles. The Hall–Kier alpha value is -2.37. The predicted molar refractivity (Wildman–Crippen MR) is 105 cm³/mol. The molecule has 26 heavy (non-hydrogen) atoms. The van der Waals surface area contributed by atoms with Gasteiger partial charge in [-0.3, -0.25) is 4.90 Å². The molecule has 0 aliphatic rings. The van der Waals surface area contributed by atoms with E-state index in [1.165, 1.54) is 4.90 Å². The first-order chi connectivity index (χ1) is 12.6. The van der Waals surface area contributed by atoms with Gasteiger partial charge in [-0.05, 0) is 38.1 Å². The summed E-state index contributed by atoms with van der Waals surface area (Å²) in [6, 6.07) is 12.7. The first kappa shape index (κ1) is 18.4. The minimum absolute atomic E-state index is 0.279. The topological polar surface area (TPSA) is 55.3 Å². The van der Waals surface area contributed by atoms with Crippen LogP contribution in [-0.4, -0.2) is 29.2 Å². The van der Waals surface area contributed by atoms with E-state index in [-0.39, 0.29) is 6.61 Å². The molecular weight excluding hydrogens is 373 g/mol. The fourth-order valence-electron chi connectivity index (χ4n) is 2.66. The summed E-state index contributed by atoms with van der Waals surface area (Å²) in [6.45, 7) is 4.30. The fourth-order valence-corrected chi connectivity index (χ4v) is 3.22. The molecule has 0 spiro atoms. The number of para-hydroxylation sites is 1. The largest absolute Gasteiger partial charge is 0.449 e. The minimum atomic E-state index is -0.463. The molecular formula is C19H17Cl2N3O2. The van der Waals surface area contributed by atoms with Crippen LogP contribution in [0.1, 0.15) is 13.8 Å². The molecule has 3 rings (SSSR count). The molecule has 134 valence electrons. The third-order valence-corrected chi connectivity index (χ3v) is 4.46. The van der Waals surface area contributed by atoms with Crippen LogP contribution in [0.2, 0.25) is 10.0 Å². The van der Waals surface area contributed by atoms with Gasteiger partial charge in [-0.1, -0.05) is 41.4 Å². The number of amides is 1. The molecule has 0 unspecified atom stereocenters. The second-order valence-electron chi connectivity index (χ2n) is 5.43. The van der Waals surface area contributed by atoms with Crippen molar-refractivity contribution < 1.29 is 9.53 Å². The highest BCUT2D eigenvalue weighted by Crippen LogP contribution is 2.35. The Kier molecular flexibility index (Phi) is 5.59. The fraction of sp³-hybridized carbons (Fsp3) is 0.211. The van der Waals surface area contributed by atoms with E-state index >= 15 is 0 Å². The van der Waals surface area contributed by atoms with Gasteiger partial charge >= 0.3 is 6.09 Å². The predicted octanol–water partition coefficient (Wildman–Crippen LogP) is 5.59. The van der Waals surface area contributed by atoms with Gasteiger partial charge in [-0.15, -0.1) is 0 Å². The molecule has 0 aliphatic carbocycles. The van der Waals surface area contributed by atoms with E-state index in [0.717, 1.165) is 5.39 Å². The normalized spacial score (nSPS) is 10.8. The van der Waals surface area contributed by atoms with Crippen LogP contribution in [0.25, 0.3) is 22.3 Å². The molecule has 7 heteroatoms. The zero-order valence-corrected chi connectivity index (χ0v) is 15.9. The Morgan fingerprint density at radius 2 is 1.73 bits per heavy atom. The summed E-state index contributed by atoms with van der Waals surface area (Å²) in [5.74, 6) is 0.819. The van der Waals surface area contributed by atoms with E-state index < -0.39 is 6.09 Å². The third-order valence-electron chi connectivity index (χ3n) is 3.83. The Bertz CT molecular complexity index is 942. The van der Waals surface area contributed by atoms with E-state index in [0.29, 0.717) is 39.3 Å². The van der Waals surface area contributed by atoms with Gasteiger partial charge in [0.2, 0.25) is 0 Å². The van der Waals surface area contributed by atoms with Crippen molar-refractivity contribution in [2.75, 3.05) is 18.1 Å². The van der Waals surface area contributed by atoms with Crippen molar-refractivity contribution in [1.29, 1.82) is 0 Å². The average molecular weight is 390 g/mol. The smallest absolute Gasteiger partial charge is 0.415 e. The Morgan fingerprint density at radius 3 is 2.38 bits per heavy atom. The average Bonchev–Trinajstić information content (AvgIpc) is 2.62. The Labute approximate surface area is 161 Å². The van der Waals surface area contributed by atoms with E-state index in [1.54, 1.807) is 25.1 Å². The summed E-state index contributed by atoms with van der Waals surface area (Å²) in [5, 5.41) is 1.63. The maximum Gasteiger partial charge on any atom is 0.415 e. The van der Waals surface area contributed by atoms with Gasteiger partial charge in [0.05, 0.1) is 27.7 Å². The SMILES string of the molecule is CCOC(=O)N(CC)c1nc(-c2c(Cl)cccc2Cl)nc2ccccc12. The lowest BCUT2D eigenvalue weighted by molar-refractivity contribution is 0.160. The molecule has 1 aromatic heterocycles. The summed E-state index contributed by atoms with van der Waals surface area (Å²) < 4.78 is 5.17. The molecule has 0 fully saturated rings. The number of rotatable bonds is 4. The monoisotopic (exact) mass is 389 g/mol. The molecule has 0 radical (unpaired) electrons. The summed E-state index contributed by atoms with van der Waals surface area (Å²) in [4.78, 5) is 23.1. The number of fused-ring (bicyclic) bond motifs is 1. The molecule has 0 atom stereocenters. The van der Waals surface area contributed by atoms with Crippen molar-refractivity contribution in [3.05, 3.63) is 52.5 Å². The molecule has 1 heterocycles. The number of benzene rings is 2. The Balaban J connectivity index is 2.27. The van der Waals surface area contributed by atoms with Crippen LogP contribution in [0.4, 0.5) is 10.6 Å². The summed E-state index contributed by atoms with van der Waals surface area (Å²) in [6.07, 6.45) is -0.463. The van der Waals surface area contributed by atoms with Crippen LogP contribution in [0.3, 0.4) is 0 Å². The molecule has 0 N–H and O–H groups in total. The Morgan fingerprint density at radius 1 is 1.04 bits per heavy atom. The number of carbonyl (C=O) groups is 1. The standard InChI is InChI=1S/C19H17Cl2N3O2/c1-3-24(19(25)26-4-2)18-12-8-5-6-11-15(12)22-17(23-18)16-13(20)9-7-10-14(16)21/h5-11H,3-4H2,1-2H3. The first-order valence-corrected chi connectivity index (χ1v) is 8.97. The first-order valence-electron chi connectivity index (χ1n) is 8.22. The quantitative estimate of drug-likeness (QED) is 0.583. The maximum atomic E-state index is 12.4. The highest BCUT2D eigenvalue weighted by molar-refractivity contribution is 6.39.